The molecule has 0 bridgehead atoms. The largest absolute Gasteiger partial charge is 0.496 e. The molecule has 7 nitrogen and oxygen atoms in total. The maximum atomic E-state index is 12.8. The minimum atomic E-state index is -0.293. The molecule has 1 aliphatic heterocycles. The molecule has 1 aliphatic rings. The van der Waals surface area contributed by atoms with E-state index in [-0.39, 0.29) is 11.8 Å². The van der Waals surface area contributed by atoms with Crippen molar-refractivity contribution in [1.29, 1.82) is 0 Å². The molecule has 0 fully saturated rings. The zero-order valence-electron chi connectivity index (χ0n) is 17.1. The van der Waals surface area contributed by atoms with Gasteiger partial charge in [0, 0.05) is 12.3 Å². The highest BCUT2D eigenvalue weighted by atomic mass is 32.2. The predicted octanol–water partition coefficient (Wildman–Crippen LogP) is 3.57. The summed E-state index contributed by atoms with van der Waals surface area (Å²) in [6.07, 6.45) is 0. The molecule has 0 saturated heterocycles. The summed E-state index contributed by atoms with van der Waals surface area (Å²) >= 11 is 1.45. The molecule has 0 saturated carbocycles. The van der Waals surface area contributed by atoms with E-state index in [4.69, 9.17) is 14.2 Å². The van der Waals surface area contributed by atoms with Crippen LogP contribution in [0.1, 0.15) is 22.8 Å². The van der Waals surface area contributed by atoms with Gasteiger partial charge in [-0.15, -0.1) is 11.8 Å². The summed E-state index contributed by atoms with van der Waals surface area (Å²) in [6.45, 7) is 2.65. The molecule has 1 heterocycles. The SMILES string of the molecule is COc1ccc(CNC(=O)c2ccccc2NC(=O)C2=C(C)OCCS2)cc1OC. The Morgan fingerprint density at radius 1 is 1.07 bits per heavy atom. The zero-order chi connectivity index (χ0) is 21.5. The number of carbonyl (C=O) groups is 2. The number of methoxy groups -OCH3 is 2. The second kappa shape index (κ2) is 10.1. The molecule has 8 heteroatoms. The van der Waals surface area contributed by atoms with E-state index in [9.17, 15) is 9.59 Å². The van der Waals surface area contributed by atoms with Crippen LogP contribution in [0.25, 0.3) is 0 Å². The molecule has 2 N–H and O–H groups in total. The number of allylic oxidation sites excluding steroid dienone is 1. The average molecular weight is 429 g/mol. The lowest BCUT2D eigenvalue weighted by atomic mass is 10.1. The van der Waals surface area contributed by atoms with Gasteiger partial charge in [0.2, 0.25) is 0 Å². The molecule has 0 aromatic heterocycles. The predicted molar refractivity (Wildman–Crippen MR) is 117 cm³/mol. The summed E-state index contributed by atoms with van der Waals surface area (Å²) in [7, 11) is 3.13. The van der Waals surface area contributed by atoms with Crippen LogP contribution in [-0.2, 0) is 16.1 Å². The molecule has 0 radical (unpaired) electrons. The van der Waals surface area contributed by atoms with Crippen LogP contribution in [0.15, 0.2) is 53.1 Å². The van der Waals surface area contributed by atoms with Gasteiger partial charge in [0.1, 0.15) is 10.7 Å². The van der Waals surface area contributed by atoms with Crippen molar-refractivity contribution in [2.24, 2.45) is 0 Å². The maximum Gasteiger partial charge on any atom is 0.265 e. The smallest absolute Gasteiger partial charge is 0.265 e. The van der Waals surface area contributed by atoms with Gasteiger partial charge >= 0.3 is 0 Å². The van der Waals surface area contributed by atoms with E-state index >= 15 is 0 Å². The Balaban J connectivity index is 1.71. The standard InChI is InChI=1S/C22H24N2O5S/c1-14-20(30-11-10-29-14)22(26)24-17-7-5-4-6-16(17)21(25)23-13-15-8-9-18(27-2)19(12-15)28-3/h4-9,12H,10-11,13H2,1-3H3,(H,23,25)(H,24,26). The van der Waals surface area contributed by atoms with Crippen molar-refractivity contribution >= 4 is 29.3 Å². The molecule has 0 unspecified atom stereocenters. The summed E-state index contributed by atoms with van der Waals surface area (Å²) in [6, 6.07) is 12.3. The van der Waals surface area contributed by atoms with Crippen molar-refractivity contribution in [3.63, 3.8) is 0 Å². The fourth-order valence-corrected chi connectivity index (χ4v) is 3.78. The summed E-state index contributed by atoms with van der Waals surface area (Å²) < 4.78 is 16.0. The molecular weight excluding hydrogens is 404 g/mol. The monoisotopic (exact) mass is 428 g/mol. The molecule has 2 amide bonds. The fourth-order valence-electron chi connectivity index (χ4n) is 2.97. The topological polar surface area (TPSA) is 85.9 Å². The van der Waals surface area contributed by atoms with Gasteiger partial charge in [-0.3, -0.25) is 9.59 Å². The van der Waals surface area contributed by atoms with E-state index in [1.54, 1.807) is 51.5 Å². The fraction of sp³-hybridized carbons (Fsp3) is 0.273. The highest BCUT2D eigenvalue weighted by molar-refractivity contribution is 8.04. The molecule has 0 spiro atoms. The molecule has 0 aliphatic carbocycles. The van der Waals surface area contributed by atoms with Crippen molar-refractivity contribution in [1.82, 2.24) is 5.32 Å². The normalized spacial score (nSPS) is 13.3. The summed E-state index contributed by atoms with van der Waals surface area (Å²) in [4.78, 5) is 25.9. The molecule has 2 aromatic rings. The third kappa shape index (κ3) is 5.07. The number of amides is 2. The van der Waals surface area contributed by atoms with Gasteiger partial charge in [0.25, 0.3) is 11.8 Å². The summed E-state index contributed by atoms with van der Waals surface area (Å²) in [5.41, 5.74) is 1.68. The van der Waals surface area contributed by atoms with Crippen LogP contribution < -0.4 is 20.1 Å². The number of carbonyl (C=O) groups excluding carboxylic acids is 2. The summed E-state index contributed by atoms with van der Waals surface area (Å²) in [5, 5.41) is 5.71. The number of thioether (sulfide) groups is 1. The molecule has 2 aromatic carbocycles. The molecule has 158 valence electrons. The zero-order valence-corrected chi connectivity index (χ0v) is 17.9. The van der Waals surface area contributed by atoms with Crippen LogP contribution >= 0.6 is 11.8 Å². The number of ether oxygens (including phenoxy) is 3. The van der Waals surface area contributed by atoms with E-state index in [1.165, 1.54) is 11.8 Å². The first kappa shape index (κ1) is 21.6. The number of hydrogen-bond donors (Lipinski definition) is 2. The Bertz CT molecular complexity index is 974. The molecule has 30 heavy (non-hydrogen) atoms. The van der Waals surface area contributed by atoms with E-state index < -0.39 is 0 Å². The van der Waals surface area contributed by atoms with Gasteiger partial charge in [0.15, 0.2) is 11.5 Å². The Kier molecular flexibility index (Phi) is 7.24. The van der Waals surface area contributed by atoms with Gasteiger partial charge in [-0.1, -0.05) is 18.2 Å². The number of rotatable bonds is 7. The van der Waals surface area contributed by atoms with Gasteiger partial charge in [-0.2, -0.15) is 0 Å². The van der Waals surface area contributed by atoms with Gasteiger partial charge < -0.3 is 24.8 Å². The quantitative estimate of drug-likeness (QED) is 0.701. The lowest BCUT2D eigenvalue weighted by Crippen LogP contribution is -2.25. The maximum absolute atomic E-state index is 12.8. The van der Waals surface area contributed by atoms with E-state index in [1.807, 2.05) is 12.1 Å². The first-order valence-electron chi connectivity index (χ1n) is 9.39. The highest BCUT2D eigenvalue weighted by Crippen LogP contribution is 2.28. The third-order valence-corrected chi connectivity index (χ3v) is 5.63. The van der Waals surface area contributed by atoms with Crippen LogP contribution in [0.2, 0.25) is 0 Å². The van der Waals surface area contributed by atoms with E-state index in [0.717, 1.165) is 5.56 Å². The molecule has 3 rings (SSSR count). The Morgan fingerprint density at radius 3 is 2.57 bits per heavy atom. The van der Waals surface area contributed by atoms with Crippen molar-refractivity contribution in [3.8, 4) is 11.5 Å². The average Bonchev–Trinajstić information content (AvgIpc) is 2.77. The van der Waals surface area contributed by atoms with Crippen molar-refractivity contribution < 1.29 is 23.8 Å². The van der Waals surface area contributed by atoms with Crippen LogP contribution in [0.5, 0.6) is 11.5 Å². The van der Waals surface area contributed by atoms with Crippen LogP contribution in [-0.4, -0.2) is 38.4 Å². The number of para-hydroxylation sites is 1. The number of nitrogens with one attached hydrogen (secondary N) is 2. The first-order chi connectivity index (χ1) is 14.5. The lowest BCUT2D eigenvalue weighted by Gasteiger charge is -2.18. The highest BCUT2D eigenvalue weighted by Gasteiger charge is 2.21. The molecular formula is C22H24N2O5S. The van der Waals surface area contributed by atoms with Crippen molar-refractivity contribution in [2.45, 2.75) is 13.5 Å². The minimum Gasteiger partial charge on any atom is -0.496 e. The number of anilines is 1. The minimum absolute atomic E-state index is 0.280. The van der Waals surface area contributed by atoms with Gasteiger partial charge in [-0.05, 0) is 36.8 Å². The lowest BCUT2D eigenvalue weighted by molar-refractivity contribution is -0.112. The van der Waals surface area contributed by atoms with E-state index in [2.05, 4.69) is 10.6 Å². The van der Waals surface area contributed by atoms with Crippen molar-refractivity contribution in [3.05, 3.63) is 64.3 Å². The van der Waals surface area contributed by atoms with Crippen LogP contribution in [0.4, 0.5) is 5.69 Å². The number of hydrogen-bond acceptors (Lipinski definition) is 6. The third-order valence-electron chi connectivity index (χ3n) is 4.50. The van der Waals surface area contributed by atoms with Crippen LogP contribution in [0.3, 0.4) is 0 Å². The number of benzene rings is 2. The first-order valence-corrected chi connectivity index (χ1v) is 10.4. The van der Waals surface area contributed by atoms with Gasteiger partial charge in [-0.25, -0.2) is 0 Å². The molecule has 0 atom stereocenters. The Morgan fingerprint density at radius 2 is 1.83 bits per heavy atom. The second-order valence-corrected chi connectivity index (χ2v) is 7.56. The second-order valence-electron chi connectivity index (χ2n) is 6.45. The Labute approximate surface area is 179 Å². The van der Waals surface area contributed by atoms with Crippen LogP contribution in [0, 0.1) is 0 Å². The van der Waals surface area contributed by atoms with E-state index in [0.29, 0.717) is 52.3 Å². The Hall–Kier alpha value is -3.13. The van der Waals surface area contributed by atoms with Crippen molar-refractivity contribution in [2.75, 3.05) is 31.9 Å². The summed E-state index contributed by atoms with van der Waals surface area (Å²) in [5.74, 6) is 1.95. The van der Waals surface area contributed by atoms with Gasteiger partial charge in [0.05, 0.1) is 32.1 Å².